The zero-order valence-electron chi connectivity index (χ0n) is 7.69. The third-order valence-electron chi connectivity index (χ3n) is 2.76. The van der Waals surface area contributed by atoms with Crippen molar-refractivity contribution in [3.8, 4) is 0 Å². The monoisotopic (exact) mass is 156 g/mol. The minimum atomic E-state index is 0.697. The molecule has 0 radical (unpaired) electrons. The van der Waals surface area contributed by atoms with Gasteiger partial charge in [-0.05, 0) is 26.9 Å². The Morgan fingerprint density at radius 3 is 1.64 bits per heavy atom. The summed E-state index contributed by atoms with van der Waals surface area (Å²) >= 11 is 0. The van der Waals surface area contributed by atoms with E-state index < -0.39 is 0 Å². The minimum absolute atomic E-state index is 0.697. The highest BCUT2D eigenvalue weighted by molar-refractivity contribution is 4.82. The molecule has 0 spiro atoms. The molecule has 0 unspecified atom stereocenters. The molecular weight excluding hydrogens is 136 g/mol. The fourth-order valence-electron chi connectivity index (χ4n) is 2.00. The topological polar surface area (TPSA) is 24.1 Å². The minimum Gasteiger partial charge on any atom is -0.315 e. The normalized spacial score (nSPS) is 33.3. The van der Waals surface area contributed by atoms with E-state index in [9.17, 15) is 0 Å². The number of hydrogen-bond acceptors (Lipinski definition) is 2. The first-order valence-electron chi connectivity index (χ1n) is 4.73. The van der Waals surface area contributed by atoms with Crippen LogP contribution in [0.3, 0.4) is 0 Å². The van der Waals surface area contributed by atoms with Crippen molar-refractivity contribution in [2.45, 2.75) is 44.2 Å². The molecule has 2 heteroatoms. The van der Waals surface area contributed by atoms with E-state index >= 15 is 0 Å². The fraction of sp³-hybridized carbons (Fsp3) is 1.00. The molecule has 1 saturated carbocycles. The van der Waals surface area contributed by atoms with Crippen LogP contribution in [0, 0.1) is 0 Å². The Balaban J connectivity index is 2.41. The fourth-order valence-corrected chi connectivity index (χ4v) is 2.00. The van der Waals surface area contributed by atoms with Crippen molar-refractivity contribution in [3.63, 3.8) is 0 Å². The summed E-state index contributed by atoms with van der Waals surface area (Å²) < 4.78 is 0. The summed E-state index contributed by atoms with van der Waals surface area (Å²) in [6.07, 6.45) is 6.87. The summed E-state index contributed by atoms with van der Waals surface area (Å²) in [5.41, 5.74) is 0. The molecule has 0 aliphatic heterocycles. The summed E-state index contributed by atoms with van der Waals surface area (Å²) in [4.78, 5) is 0. The van der Waals surface area contributed by atoms with Gasteiger partial charge < -0.3 is 10.6 Å². The van der Waals surface area contributed by atoms with Gasteiger partial charge in [-0.25, -0.2) is 0 Å². The van der Waals surface area contributed by atoms with E-state index in [-0.39, 0.29) is 0 Å². The number of likely N-dealkylation sites (N-methyl/N-ethyl adjacent to an activating group) is 2. The second kappa shape index (κ2) is 4.73. The Labute approximate surface area is 69.8 Å². The van der Waals surface area contributed by atoms with Crippen LogP contribution in [0.2, 0.25) is 0 Å². The molecule has 0 heterocycles. The second-order valence-corrected chi connectivity index (χ2v) is 3.43. The quantitative estimate of drug-likeness (QED) is 0.586. The lowest BCUT2D eigenvalue weighted by atomic mass is 10.0. The third kappa shape index (κ3) is 2.46. The molecule has 2 atom stereocenters. The van der Waals surface area contributed by atoms with Crippen molar-refractivity contribution < 1.29 is 0 Å². The molecule has 0 aromatic rings. The third-order valence-corrected chi connectivity index (χ3v) is 2.76. The molecule has 1 aliphatic rings. The van der Waals surface area contributed by atoms with Crippen molar-refractivity contribution in [2.24, 2.45) is 0 Å². The molecular formula is C9H20N2. The van der Waals surface area contributed by atoms with Crippen LogP contribution in [0.5, 0.6) is 0 Å². The number of hydrogen-bond donors (Lipinski definition) is 2. The van der Waals surface area contributed by atoms with E-state index in [1.807, 2.05) is 0 Å². The van der Waals surface area contributed by atoms with Gasteiger partial charge in [0.25, 0.3) is 0 Å². The first kappa shape index (κ1) is 9.01. The molecule has 1 fully saturated rings. The summed E-state index contributed by atoms with van der Waals surface area (Å²) in [5.74, 6) is 0. The van der Waals surface area contributed by atoms with E-state index in [0.717, 1.165) is 0 Å². The van der Waals surface area contributed by atoms with Crippen molar-refractivity contribution in [1.82, 2.24) is 10.6 Å². The van der Waals surface area contributed by atoms with Crippen LogP contribution < -0.4 is 10.6 Å². The summed E-state index contributed by atoms with van der Waals surface area (Å²) in [6, 6.07) is 1.39. The molecule has 0 aromatic carbocycles. The molecule has 0 aromatic heterocycles. The smallest absolute Gasteiger partial charge is 0.0218 e. The van der Waals surface area contributed by atoms with Gasteiger partial charge in [-0.2, -0.15) is 0 Å². The number of rotatable bonds is 2. The van der Waals surface area contributed by atoms with Crippen molar-refractivity contribution in [3.05, 3.63) is 0 Å². The molecule has 0 saturated heterocycles. The standard InChI is InChI=1S/C9H20N2/c1-10-8-6-4-3-5-7-9(8)11-2/h8-11H,3-7H2,1-2H3/t8-,9-/m0/s1. The van der Waals surface area contributed by atoms with Gasteiger partial charge in [0.15, 0.2) is 0 Å². The lowest BCUT2D eigenvalue weighted by molar-refractivity contribution is 0.389. The largest absolute Gasteiger partial charge is 0.315 e. The van der Waals surface area contributed by atoms with Gasteiger partial charge in [0.1, 0.15) is 0 Å². The van der Waals surface area contributed by atoms with Gasteiger partial charge in [-0.1, -0.05) is 19.3 Å². The molecule has 2 N–H and O–H groups in total. The van der Waals surface area contributed by atoms with Crippen LogP contribution in [0.4, 0.5) is 0 Å². The average Bonchev–Trinajstić information content (AvgIpc) is 2.27. The predicted octanol–water partition coefficient (Wildman–Crippen LogP) is 1.13. The Hall–Kier alpha value is -0.0800. The molecule has 2 nitrogen and oxygen atoms in total. The van der Waals surface area contributed by atoms with E-state index in [1.54, 1.807) is 0 Å². The predicted molar refractivity (Wildman–Crippen MR) is 48.8 cm³/mol. The molecule has 11 heavy (non-hydrogen) atoms. The van der Waals surface area contributed by atoms with Crippen LogP contribution >= 0.6 is 0 Å². The lowest BCUT2D eigenvalue weighted by Crippen LogP contribution is -2.44. The highest BCUT2D eigenvalue weighted by Gasteiger charge is 2.19. The Morgan fingerprint density at radius 2 is 1.27 bits per heavy atom. The molecule has 66 valence electrons. The van der Waals surface area contributed by atoms with Crippen molar-refractivity contribution in [1.29, 1.82) is 0 Å². The maximum atomic E-state index is 3.38. The SMILES string of the molecule is CN[C@H]1CCCCC[C@@H]1NC. The van der Waals surface area contributed by atoms with E-state index in [2.05, 4.69) is 24.7 Å². The van der Waals surface area contributed by atoms with Crippen LogP contribution in [0.15, 0.2) is 0 Å². The maximum Gasteiger partial charge on any atom is 0.0218 e. The first-order valence-corrected chi connectivity index (χ1v) is 4.73. The summed E-state index contributed by atoms with van der Waals surface area (Å²) in [6.45, 7) is 0. The van der Waals surface area contributed by atoms with Gasteiger partial charge in [-0.15, -0.1) is 0 Å². The zero-order valence-corrected chi connectivity index (χ0v) is 7.69. The van der Waals surface area contributed by atoms with Gasteiger partial charge in [0.05, 0.1) is 0 Å². The maximum absolute atomic E-state index is 3.38. The van der Waals surface area contributed by atoms with E-state index in [1.165, 1.54) is 32.1 Å². The molecule has 1 aliphatic carbocycles. The Morgan fingerprint density at radius 1 is 0.818 bits per heavy atom. The summed E-state index contributed by atoms with van der Waals surface area (Å²) in [7, 11) is 4.14. The van der Waals surface area contributed by atoms with Gasteiger partial charge in [0.2, 0.25) is 0 Å². The van der Waals surface area contributed by atoms with Gasteiger partial charge in [-0.3, -0.25) is 0 Å². The molecule has 0 bridgehead atoms. The van der Waals surface area contributed by atoms with Gasteiger partial charge in [0, 0.05) is 12.1 Å². The van der Waals surface area contributed by atoms with Gasteiger partial charge >= 0.3 is 0 Å². The van der Waals surface area contributed by atoms with E-state index in [4.69, 9.17) is 0 Å². The highest BCUT2D eigenvalue weighted by Crippen LogP contribution is 2.17. The van der Waals surface area contributed by atoms with Crippen molar-refractivity contribution in [2.75, 3.05) is 14.1 Å². The Bertz CT molecular complexity index is 91.7. The Kier molecular flexibility index (Phi) is 3.87. The average molecular weight is 156 g/mol. The van der Waals surface area contributed by atoms with Crippen molar-refractivity contribution >= 4 is 0 Å². The van der Waals surface area contributed by atoms with Crippen LogP contribution in [0.1, 0.15) is 32.1 Å². The first-order chi connectivity index (χ1) is 5.38. The van der Waals surface area contributed by atoms with Crippen LogP contribution in [-0.2, 0) is 0 Å². The summed E-state index contributed by atoms with van der Waals surface area (Å²) in [5, 5.41) is 6.76. The van der Waals surface area contributed by atoms with E-state index in [0.29, 0.717) is 12.1 Å². The molecule has 1 rings (SSSR count). The zero-order chi connectivity index (χ0) is 8.10. The van der Waals surface area contributed by atoms with Crippen LogP contribution in [-0.4, -0.2) is 26.2 Å². The lowest BCUT2D eigenvalue weighted by Gasteiger charge is -2.23. The second-order valence-electron chi connectivity index (χ2n) is 3.43. The highest BCUT2D eigenvalue weighted by atomic mass is 15.0. The van der Waals surface area contributed by atoms with Crippen LogP contribution in [0.25, 0.3) is 0 Å². The number of nitrogens with one attached hydrogen (secondary N) is 2. The molecule has 0 amide bonds.